The summed E-state index contributed by atoms with van der Waals surface area (Å²) in [5.74, 6) is 1.38. The molecular weight excluding hydrogens is 538 g/mol. The molecule has 7 nitrogen and oxygen atoms in total. The molecular formula is C36H31N3O4. The molecule has 2 unspecified atom stereocenters. The maximum absolute atomic E-state index is 14.1. The Morgan fingerprint density at radius 1 is 0.721 bits per heavy atom. The van der Waals surface area contributed by atoms with Gasteiger partial charge in [-0.3, -0.25) is 14.7 Å². The van der Waals surface area contributed by atoms with E-state index in [-0.39, 0.29) is 17.3 Å². The zero-order valence-electron chi connectivity index (χ0n) is 24.0. The summed E-state index contributed by atoms with van der Waals surface area (Å²) < 4.78 is 12.5. The molecule has 214 valence electrons. The molecule has 7 heteroatoms. The lowest BCUT2D eigenvalue weighted by Gasteiger charge is -2.34. The van der Waals surface area contributed by atoms with Gasteiger partial charge in [-0.15, -0.1) is 0 Å². The third-order valence-corrected chi connectivity index (χ3v) is 8.53. The quantitative estimate of drug-likeness (QED) is 0.235. The van der Waals surface area contributed by atoms with Gasteiger partial charge in [0.15, 0.2) is 17.3 Å². The highest BCUT2D eigenvalue weighted by molar-refractivity contribution is 6.01. The van der Waals surface area contributed by atoms with Gasteiger partial charge in [0.05, 0.1) is 25.5 Å². The number of anilines is 1. The maximum atomic E-state index is 14.1. The van der Waals surface area contributed by atoms with Gasteiger partial charge in [-0.25, -0.2) is 4.68 Å². The molecule has 0 radical (unpaired) electrons. The van der Waals surface area contributed by atoms with E-state index in [9.17, 15) is 9.59 Å². The van der Waals surface area contributed by atoms with Crippen molar-refractivity contribution in [3.8, 4) is 28.3 Å². The van der Waals surface area contributed by atoms with E-state index in [1.54, 1.807) is 18.9 Å². The number of allylic oxidation sites excluding steroid dienone is 2. The number of benzene rings is 4. The third kappa shape index (κ3) is 4.63. The number of nitrogens with zero attached hydrogens (tertiary/aromatic N) is 1. The van der Waals surface area contributed by atoms with Gasteiger partial charge in [-0.1, -0.05) is 78.9 Å². The summed E-state index contributed by atoms with van der Waals surface area (Å²) in [7, 11) is 3.22. The van der Waals surface area contributed by atoms with E-state index in [2.05, 4.69) is 34.7 Å². The van der Waals surface area contributed by atoms with Crippen molar-refractivity contribution < 1.29 is 14.3 Å². The first-order valence-corrected chi connectivity index (χ1v) is 14.4. The molecule has 2 N–H and O–H groups in total. The Hall–Kier alpha value is -5.30. The number of H-pyrrole nitrogens is 1. The summed E-state index contributed by atoms with van der Waals surface area (Å²) in [6.07, 6.45) is 0.953. The second-order valence-electron chi connectivity index (χ2n) is 11.0. The van der Waals surface area contributed by atoms with Gasteiger partial charge in [-0.05, 0) is 58.9 Å². The number of hydrogen-bond donors (Lipinski definition) is 2. The van der Waals surface area contributed by atoms with Crippen LogP contribution in [0.25, 0.3) is 16.8 Å². The smallest absolute Gasteiger partial charge is 0.277 e. The van der Waals surface area contributed by atoms with Crippen LogP contribution in [0, 0.1) is 0 Å². The first-order chi connectivity index (χ1) is 21.1. The Bertz CT molecular complexity index is 1900. The number of carbonyl (C=O) groups excluding carboxylic acids is 1. The molecule has 1 aromatic heterocycles. The Labute approximate surface area is 249 Å². The highest BCUT2D eigenvalue weighted by atomic mass is 16.5. The van der Waals surface area contributed by atoms with Crippen molar-refractivity contribution >= 4 is 11.6 Å². The molecule has 0 fully saturated rings. The van der Waals surface area contributed by atoms with Crippen LogP contribution in [0.15, 0.2) is 119 Å². The summed E-state index contributed by atoms with van der Waals surface area (Å²) in [6, 6.07) is 33.7. The highest BCUT2D eigenvalue weighted by Gasteiger charge is 2.41. The number of methoxy groups -OCH3 is 2. The van der Waals surface area contributed by atoms with E-state index < -0.39 is 5.92 Å². The fourth-order valence-electron chi connectivity index (χ4n) is 6.43. The van der Waals surface area contributed by atoms with E-state index in [1.165, 1.54) is 0 Å². The number of hydrogen-bond acceptors (Lipinski definition) is 5. The number of para-hydroxylation sites is 1. The van der Waals surface area contributed by atoms with Crippen molar-refractivity contribution in [2.45, 2.75) is 24.7 Å². The van der Waals surface area contributed by atoms with E-state index >= 15 is 0 Å². The molecule has 2 heterocycles. The Morgan fingerprint density at radius 3 is 2.07 bits per heavy atom. The fraction of sp³-hybridized carbons (Fsp3) is 0.167. The van der Waals surface area contributed by atoms with Gasteiger partial charge in [-0.2, -0.15) is 0 Å². The Morgan fingerprint density at radius 2 is 1.37 bits per heavy atom. The standard InChI is InChI=1S/C36H31N3O4/c1-42-30-18-17-25(21-31(30)43-2)26-19-28-33(29(40)20-26)32(24-15-13-23(14-16-24)22-9-5-3-6-10-22)34-35(37-28)38-39(36(34)41)27-11-7-4-8-12-27/h3-18,21,26,32,37-38H,19-20H2,1-2H3. The second-order valence-corrected chi connectivity index (χ2v) is 11.0. The number of fused-ring (bicyclic) bond motifs is 1. The van der Waals surface area contributed by atoms with E-state index in [1.807, 2.05) is 78.9 Å². The SMILES string of the molecule is COc1ccc(C2CC(=O)C3=C(C2)Nc2[nH]n(-c4ccccc4)c(=O)c2C3c2ccc(-c3ccccc3)cc2)cc1OC. The van der Waals surface area contributed by atoms with E-state index in [4.69, 9.17) is 9.47 Å². The summed E-state index contributed by atoms with van der Waals surface area (Å²) >= 11 is 0. The van der Waals surface area contributed by atoms with Crippen LogP contribution in [0.5, 0.6) is 11.5 Å². The minimum atomic E-state index is -0.497. The lowest BCUT2D eigenvalue weighted by molar-refractivity contribution is -0.116. The van der Waals surface area contributed by atoms with Crippen LogP contribution in [-0.2, 0) is 4.79 Å². The number of rotatable bonds is 6. The lowest BCUT2D eigenvalue weighted by Crippen LogP contribution is -2.32. The zero-order chi connectivity index (χ0) is 29.5. The molecule has 1 aliphatic carbocycles. The number of ether oxygens (including phenoxy) is 2. The number of carbonyl (C=O) groups is 1. The van der Waals surface area contributed by atoms with Crippen molar-refractivity contribution in [2.75, 3.05) is 19.5 Å². The second kappa shape index (κ2) is 10.8. The van der Waals surface area contributed by atoms with Crippen molar-refractivity contribution in [1.29, 1.82) is 0 Å². The van der Waals surface area contributed by atoms with Crippen molar-refractivity contribution in [1.82, 2.24) is 9.78 Å². The highest BCUT2D eigenvalue weighted by Crippen LogP contribution is 2.47. The van der Waals surface area contributed by atoms with Gasteiger partial charge in [0.2, 0.25) is 0 Å². The van der Waals surface area contributed by atoms with Crippen molar-refractivity contribution in [3.05, 3.63) is 141 Å². The predicted octanol–water partition coefficient (Wildman–Crippen LogP) is 6.81. The van der Waals surface area contributed by atoms with Crippen molar-refractivity contribution in [3.63, 3.8) is 0 Å². The molecule has 0 saturated heterocycles. The average molecular weight is 570 g/mol. The molecule has 43 heavy (non-hydrogen) atoms. The van der Waals surface area contributed by atoms with Crippen LogP contribution in [-0.4, -0.2) is 29.8 Å². The van der Waals surface area contributed by atoms with Gasteiger partial charge in [0, 0.05) is 23.6 Å². The molecule has 5 aromatic rings. The summed E-state index contributed by atoms with van der Waals surface area (Å²) in [5.41, 5.74) is 6.70. The largest absolute Gasteiger partial charge is 0.493 e. The molecule has 0 spiro atoms. The van der Waals surface area contributed by atoms with Crippen LogP contribution in [0.4, 0.5) is 5.82 Å². The summed E-state index contributed by atoms with van der Waals surface area (Å²) in [6.45, 7) is 0. The third-order valence-electron chi connectivity index (χ3n) is 8.53. The lowest BCUT2D eigenvalue weighted by atomic mass is 9.72. The molecule has 4 aromatic carbocycles. The zero-order valence-corrected chi connectivity index (χ0v) is 24.0. The molecule has 7 rings (SSSR count). The molecule has 0 saturated carbocycles. The van der Waals surface area contributed by atoms with E-state index in [0.717, 1.165) is 33.6 Å². The first kappa shape index (κ1) is 26.6. The van der Waals surface area contributed by atoms with Crippen LogP contribution in [0.1, 0.15) is 41.4 Å². The van der Waals surface area contributed by atoms with Crippen LogP contribution < -0.4 is 20.3 Å². The van der Waals surface area contributed by atoms with Gasteiger partial charge >= 0.3 is 0 Å². The monoisotopic (exact) mass is 569 g/mol. The molecule has 2 atom stereocenters. The molecule has 0 amide bonds. The predicted molar refractivity (Wildman–Crippen MR) is 167 cm³/mol. The molecule has 2 aliphatic rings. The average Bonchev–Trinajstić information content (AvgIpc) is 3.39. The van der Waals surface area contributed by atoms with Crippen LogP contribution in [0.3, 0.4) is 0 Å². The van der Waals surface area contributed by atoms with Crippen LogP contribution >= 0.6 is 0 Å². The molecule has 1 aliphatic heterocycles. The number of aromatic nitrogens is 2. The van der Waals surface area contributed by atoms with Gasteiger partial charge < -0.3 is 14.8 Å². The minimum absolute atomic E-state index is 0.0307. The van der Waals surface area contributed by atoms with Gasteiger partial charge in [0.25, 0.3) is 5.56 Å². The first-order valence-electron chi connectivity index (χ1n) is 14.4. The van der Waals surface area contributed by atoms with Crippen molar-refractivity contribution in [2.24, 2.45) is 0 Å². The number of nitrogens with one attached hydrogen (secondary N) is 2. The Balaban J connectivity index is 1.34. The van der Waals surface area contributed by atoms with E-state index in [0.29, 0.717) is 41.3 Å². The summed E-state index contributed by atoms with van der Waals surface area (Å²) in [5, 5.41) is 6.78. The fourth-order valence-corrected chi connectivity index (χ4v) is 6.43. The molecule has 0 bridgehead atoms. The minimum Gasteiger partial charge on any atom is -0.493 e. The maximum Gasteiger partial charge on any atom is 0.277 e. The number of Topliss-reactive ketones (excluding diaryl/α,β-unsaturated/α-hetero) is 1. The van der Waals surface area contributed by atoms with Gasteiger partial charge in [0.1, 0.15) is 5.82 Å². The number of ketones is 1. The topological polar surface area (TPSA) is 85.4 Å². The normalized spacial score (nSPS) is 17.6. The van der Waals surface area contributed by atoms with Crippen LogP contribution in [0.2, 0.25) is 0 Å². The summed E-state index contributed by atoms with van der Waals surface area (Å²) in [4.78, 5) is 28.1. The Kier molecular flexibility index (Phi) is 6.70. The number of aromatic amines is 1.